The molecule has 0 aliphatic carbocycles. The summed E-state index contributed by atoms with van der Waals surface area (Å²) >= 11 is 0. The van der Waals surface area contributed by atoms with Gasteiger partial charge in [-0.3, -0.25) is 14.5 Å². The van der Waals surface area contributed by atoms with Crippen molar-refractivity contribution in [3.05, 3.63) is 90.1 Å². The molecular weight excluding hydrogens is 390 g/mol. The number of nitrogens with zero attached hydrogens (tertiary/aromatic N) is 3. The first kappa shape index (κ1) is 18.8. The Bertz CT molecular complexity index is 1160. The number of carbonyl (C=O) groups excluding carboxylic acids is 2. The molecule has 0 spiro atoms. The number of anilines is 1. The second kappa shape index (κ2) is 7.48. The Hall–Kier alpha value is -3.52. The Labute approximate surface area is 168 Å². The number of fused-ring (bicyclic) bond motifs is 1. The molecule has 8 heteroatoms. The Morgan fingerprint density at radius 3 is 2.31 bits per heavy atom. The first-order valence-corrected chi connectivity index (χ1v) is 10.3. The highest BCUT2D eigenvalue weighted by atomic mass is 32.2. The lowest BCUT2D eigenvalue weighted by Crippen LogP contribution is -2.42. The van der Waals surface area contributed by atoms with E-state index < -0.39 is 28.4 Å². The molecule has 0 atom stereocenters. The van der Waals surface area contributed by atoms with E-state index in [1.165, 1.54) is 17.0 Å². The minimum absolute atomic E-state index is 0.0766. The first-order chi connectivity index (χ1) is 14.0. The van der Waals surface area contributed by atoms with Gasteiger partial charge in [0.15, 0.2) is 0 Å². The Morgan fingerprint density at radius 2 is 1.62 bits per heavy atom. The average Bonchev–Trinajstić information content (AvgIpc) is 2.94. The molecule has 1 aliphatic heterocycles. The Balaban J connectivity index is 1.65. The molecule has 0 saturated carbocycles. The van der Waals surface area contributed by atoms with Gasteiger partial charge in [0.25, 0.3) is 15.9 Å². The zero-order valence-electron chi connectivity index (χ0n) is 15.3. The van der Waals surface area contributed by atoms with E-state index in [2.05, 4.69) is 4.98 Å². The molecule has 146 valence electrons. The van der Waals surface area contributed by atoms with Crippen molar-refractivity contribution >= 4 is 27.7 Å². The van der Waals surface area contributed by atoms with E-state index in [0.717, 1.165) is 5.56 Å². The van der Waals surface area contributed by atoms with Crippen LogP contribution in [-0.4, -0.2) is 36.1 Å². The van der Waals surface area contributed by atoms with Crippen molar-refractivity contribution in [2.45, 2.75) is 11.4 Å². The van der Waals surface area contributed by atoms with Crippen LogP contribution in [0.2, 0.25) is 0 Å². The number of hydrogen-bond donors (Lipinski definition) is 0. The highest BCUT2D eigenvalue weighted by molar-refractivity contribution is 7.90. The summed E-state index contributed by atoms with van der Waals surface area (Å²) in [5.74, 6) is -0.866. The minimum atomic E-state index is -4.06. The number of hydrogen-bond acceptors (Lipinski definition) is 5. The summed E-state index contributed by atoms with van der Waals surface area (Å²) in [6.07, 6.45) is 1.55. The van der Waals surface area contributed by atoms with Crippen LogP contribution in [0.25, 0.3) is 0 Å². The van der Waals surface area contributed by atoms with Crippen LogP contribution >= 0.6 is 0 Å². The lowest BCUT2D eigenvalue weighted by atomic mass is 10.2. The molecule has 3 aromatic rings. The van der Waals surface area contributed by atoms with Crippen molar-refractivity contribution in [1.29, 1.82) is 0 Å². The summed E-state index contributed by atoms with van der Waals surface area (Å²) in [5, 5.41) is 0. The number of benzene rings is 2. The van der Waals surface area contributed by atoms with Crippen molar-refractivity contribution in [2.24, 2.45) is 0 Å². The molecule has 0 saturated heterocycles. The lowest BCUT2D eigenvalue weighted by Gasteiger charge is -2.24. The van der Waals surface area contributed by atoms with E-state index >= 15 is 0 Å². The van der Waals surface area contributed by atoms with Gasteiger partial charge in [-0.1, -0.05) is 48.5 Å². The fraction of sp³-hybridized carbons (Fsp3) is 0.0952. The average molecular weight is 407 g/mol. The zero-order chi connectivity index (χ0) is 20.4. The van der Waals surface area contributed by atoms with Crippen LogP contribution in [0.3, 0.4) is 0 Å². The first-order valence-electron chi connectivity index (χ1n) is 8.90. The number of amides is 2. The molecule has 2 aromatic carbocycles. The van der Waals surface area contributed by atoms with Crippen LogP contribution in [0, 0.1) is 0 Å². The molecule has 4 rings (SSSR count). The van der Waals surface area contributed by atoms with Crippen molar-refractivity contribution in [1.82, 2.24) is 9.29 Å². The van der Waals surface area contributed by atoms with Gasteiger partial charge in [0.1, 0.15) is 17.3 Å². The van der Waals surface area contributed by atoms with E-state index in [9.17, 15) is 18.0 Å². The van der Waals surface area contributed by atoms with E-state index in [0.29, 0.717) is 10.1 Å². The Morgan fingerprint density at radius 1 is 0.931 bits per heavy atom. The SMILES string of the molecule is O=C(CN1C(=O)c2ccccc2S1(=O)=O)N(Cc1ccccc1)c1ccccn1. The third kappa shape index (κ3) is 3.50. The summed E-state index contributed by atoms with van der Waals surface area (Å²) in [5.41, 5.74) is 0.929. The third-order valence-electron chi connectivity index (χ3n) is 4.60. The second-order valence-corrected chi connectivity index (χ2v) is 8.30. The standard InChI is InChI=1S/C21H17N3O4S/c25-20(15-24-21(26)17-10-4-5-11-18(17)29(24,27)28)23(19-12-6-7-13-22-19)14-16-8-2-1-3-9-16/h1-13H,14-15H2. The van der Waals surface area contributed by atoms with Gasteiger partial charge in [-0.15, -0.1) is 0 Å². The summed E-state index contributed by atoms with van der Waals surface area (Å²) in [4.78, 5) is 31.3. The summed E-state index contributed by atoms with van der Waals surface area (Å²) < 4.78 is 26.2. The largest absolute Gasteiger partial charge is 0.291 e. The molecule has 0 radical (unpaired) electrons. The highest BCUT2D eigenvalue weighted by Crippen LogP contribution is 2.30. The van der Waals surface area contributed by atoms with Crippen molar-refractivity contribution in [2.75, 3.05) is 11.4 Å². The van der Waals surface area contributed by atoms with Gasteiger partial charge < -0.3 is 0 Å². The molecule has 7 nitrogen and oxygen atoms in total. The molecule has 0 fully saturated rings. The summed E-state index contributed by atoms with van der Waals surface area (Å²) in [6.45, 7) is -0.398. The van der Waals surface area contributed by atoms with Gasteiger partial charge in [-0.2, -0.15) is 0 Å². The number of aromatic nitrogens is 1. The third-order valence-corrected chi connectivity index (χ3v) is 6.39. The van der Waals surface area contributed by atoms with Crippen molar-refractivity contribution in [3.63, 3.8) is 0 Å². The topological polar surface area (TPSA) is 87.7 Å². The number of pyridine rings is 1. The van der Waals surface area contributed by atoms with Gasteiger partial charge in [-0.25, -0.2) is 17.7 Å². The molecule has 0 N–H and O–H groups in total. The molecule has 2 amide bonds. The quantitative estimate of drug-likeness (QED) is 0.648. The van der Waals surface area contributed by atoms with Crippen LogP contribution in [0.4, 0.5) is 5.82 Å². The molecule has 29 heavy (non-hydrogen) atoms. The van der Waals surface area contributed by atoms with Crippen molar-refractivity contribution < 1.29 is 18.0 Å². The van der Waals surface area contributed by atoms with Crippen molar-refractivity contribution in [3.8, 4) is 0 Å². The fourth-order valence-electron chi connectivity index (χ4n) is 3.17. The molecular formula is C21H17N3O4S. The molecule has 1 aliphatic rings. The van der Waals surface area contributed by atoms with Gasteiger partial charge in [-0.05, 0) is 29.8 Å². The smallest absolute Gasteiger partial charge is 0.269 e. The van der Waals surface area contributed by atoms with Crippen LogP contribution in [-0.2, 0) is 21.4 Å². The van der Waals surface area contributed by atoms with Gasteiger partial charge in [0, 0.05) is 6.20 Å². The monoisotopic (exact) mass is 407 g/mol. The number of rotatable bonds is 5. The normalized spacial score (nSPS) is 14.5. The van der Waals surface area contributed by atoms with Gasteiger partial charge in [0.05, 0.1) is 12.1 Å². The van der Waals surface area contributed by atoms with Crippen LogP contribution in [0.15, 0.2) is 83.9 Å². The lowest BCUT2D eigenvalue weighted by molar-refractivity contribution is -0.118. The molecule has 1 aromatic heterocycles. The zero-order valence-corrected chi connectivity index (χ0v) is 16.1. The van der Waals surface area contributed by atoms with E-state index in [4.69, 9.17) is 0 Å². The Kier molecular flexibility index (Phi) is 4.85. The maximum atomic E-state index is 13.1. The fourth-order valence-corrected chi connectivity index (χ4v) is 4.69. The molecule has 2 heterocycles. The molecule has 0 unspecified atom stereocenters. The summed E-state index contributed by atoms with van der Waals surface area (Å²) in [7, 11) is -4.06. The highest BCUT2D eigenvalue weighted by Gasteiger charge is 2.42. The van der Waals surface area contributed by atoms with Gasteiger partial charge >= 0.3 is 0 Å². The number of sulfonamides is 1. The summed E-state index contributed by atoms with van der Waals surface area (Å²) in [6, 6.07) is 20.3. The van der Waals surface area contributed by atoms with Crippen LogP contribution in [0.5, 0.6) is 0 Å². The predicted octanol–water partition coefficient (Wildman–Crippen LogP) is 2.46. The van der Waals surface area contributed by atoms with E-state index in [-0.39, 0.29) is 17.0 Å². The van der Waals surface area contributed by atoms with Crippen LogP contribution < -0.4 is 4.90 Å². The second-order valence-electron chi connectivity index (χ2n) is 6.47. The molecule has 0 bridgehead atoms. The number of carbonyl (C=O) groups is 2. The maximum Gasteiger partial charge on any atom is 0.269 e. The van der Waals surface area contributed by atoms with Gasteiger partial charge in [0.2, 0.25) is 5.91 Å². The predicted molar refractivity (Wildman–Crippen MR) is 107 cm³/mol. The maximum absolute atomic E-state index is 13.1. The van der Waals surface area contributed by atoms with E-state index in [1.54, 1.807) is 36.5 Å². The minimum Gasteiger partial charge on any atom is -0.291 e. The van der Waals surface area contributed by atoms with Crippen LogP contribution in [0.1, 0.15) is 15.9 Å². The van der Waals surface area contributed by atoms with E-state index in [1.807, 2.05) is 30.3 Å².